The molecule has 0 amide bonds. The van der Waals surface area contributed by atoms with Crippen LogP contribution >= 0.6 is 11.6 Å². The Morgan fingerprint density at radius 3 is 3.00 bits per heavy atom. The fraction of sp³-hybridized carbons (Fsp3) is 0.500. The van der Waals surface area contributed by atoms with Gasteiger partial charge in [-0.15, -0.1) is 0 Å². The van der Waals surface area contributed by atoms with E-state index in [0.29, 0.717) is 12.5 Å². The van der Waals surface area contributed by atoms with Crippen LogP contribution in [0.5, 0.6) is 0 Å². The molecule has 15 heavy (non-hydrogen) atoms. The van der Waals surface area contributed by atoms with E-state index in [4.69, 9.17) is 22.1 Å². The Hall–Kier alpha value is -0.570. The minimum absolute atomic E-state index is 0.132. The quantitative estimate of drug-likeness (QED) is 0.840. The van der Waals surface area contributed by atoms with Gasteiger partial charge in [0.1, 0.15) is 0 Å². The number of ether oxygens (including phenoxy) is 1. The molecule has 2 rings (SSSR count). The highest BCUT2D eigenvalue weighted by molar-refractivity contribution is 6.31. The first-order valence-corrected chi connectivity index (χ1v) is 5.68. The molecular formula is C12H16ClNO. The first-order valence-electron chi connectivity index (χ1n) is 5.30. The average molecular weight is 226 g/mol. The van der Waals surface area contributed by atoms with Crippen molar-refractivity contribution in [1.29, 1.82) is 0 Å². The number of aryl methyl sites for hydroxylation is 1. The molecule has 2 N–H and O–H groups in total. The number of hydrogen-bond acceptors (Lipinski definition) is 2. The maximum atomic E-state index is 6.10. The second-order valence-electron chi connectivity index (χ2n) is 4.08. The van der Waals surface area contributed by atoms with Gasteiger partial charge in [0.15, 0.2) is 0 Å². The fourth-order valence-corrected chi connectivity index (χ4v) is 2.22. The van der Waals surface area contributed by atoms with E-state index in [1.165, 1.54) is 0 Å². The van der Waals surface area contributed by atoms with Crippen LogP contribution in [0.15, 0.2) is 18.2 Å². The summed E-state index contributed by atoms with van der Waals surface area (Å²) in [6, 6.07) is 6.11. The van der Waals surface area contributed by atoms with Crippen LogP contribution in [0.2, 0.25) is 5.02 Å². The van der Waals surface area contributed by atoms with E-state index >= 15 is 0 Å². The van der Waals surface area contributed by atoms with Gasteiger partial charge >= 0.3 is 0 Å². The highest BCUT2D eigenvalue weighted by Gasteiger charge is 2.28. The zero-order chi connectivity index (χ0) is 10.8. The Labute approximate surface area is 95.4 Å². The van der Waals surface area contributed by atoms with E-state index in [9.17, 15) is 0 Å². The second-order valence-corrected chi connectivity index (χ2v) is 4.49. The Balaban J connectivity index is 2.25. The molecule has 1 aliphatic rings. The van der Waals surface area contributed by atoms with Crippen molar-refractivity contribution < 1.29 is 4.74 Å². The van der Waals surface area contributed by atoms with Crippen LogP contribution in [-0.4, -0.2) is 13.2 Å². The molecule has 0 bridgehead atoms. The van der Waals surface area contributed by atoms with E-state index in [1.54, 1.807) is 0 Å². The van der Waals surface area contributed by atoms with Crippen molar-refractivity contribution in [3.63, 3.8) is 0 Å². The Bertz CT molecular complexity index is 353. The number of benzene rings is 1. The largest absolute Gasteiger partial charge is 0.373 e. The van der Waals surface area contributed by atoms with E-state index in [-0.39, 0.29) is 6.10 Å². The normalized spacial score (nSPS) is 25.8. The monoisotopic (exact) mass is 225 g/mol. The highest BCUT2D eigenvalue weighted by Crippen LogP contribution is 2.35. The topological polar surface area (TPSA) is 35.2 Å². The van der Waals surface area contributed by atoms with Crippen LogP contribution in [0.4, 0.5) is 0 Å². The predicted molar refractivity (Wildman–Crippen MR) is 62.0 cm³/mol. The maximum Gasteiger partial charge on any atom is 0.0866 e. The zero-order valence-electron chi connectivity index (χ0n) is 8.87. The van der Waals surface area contributed by atoms with Gasteiger partial charge in [-0.05, 0) is 37.1 Å². The summed E-state index contributed by atoms with van der Waals surface area (Å²) < 4.78 is 5.70. The van der Waals surface area contributed by atoms with Crippen LogP contribution in [-0.2, 0) is 4.74 Å². The molecule has 1 saturated heterocycles. The van der Waals surface area contributed by atoms with Crippen molar-refractivity contribution in [3.05, 3.63) is 34.3 Å². The molecule has 0 spiro atoms. The van der Waals surface area contributed by atoms with Gasteiger partial charge in [0, 0.05) is 17.5 Å². The molecule has 1 aliphatic heterocycles. The first-order chi connectivity index (χ1) is 7.22. The summed E-state index contributed by atoms with van der Waals surface area (Å²) in [6.45, 7) is 3.48. The summed E-state index contributed by atoms with van der Waals surface area (Å²) in [4.78, 5) is 0. The molecule has 0 aliphatic carbocycles. The maximum absolute atomic E-state index is 6.10. The molecule has 1 aromatic rings. The lowest BCUT2D eigenvalue weighted by Gasteiger charge is -2.17. The molecule has 2 unspecified atom stereocenters. The third-order valence-corrected chi connectivity index (χ3v) is 3.45. The van der Waals surface area contributed by atoms with E-state index in [0.717, 1.165) is 29.2 Å². The zero-order valence-corrected chi connectivity index (χ0v) is 9.63. The molecule has 0 saturated carbocycles. The minimum atomic E-state index is 0.132. The predicted octanol–water partition coefficient (Wildman–Crippen LogP) is 2.68. The summed E-state index contributed by atoms with van der Waals surface area (Å²) in [5.74, 6) is 0.434. The Morgan fingerprint density at radius 1 is 1.53 bits per heavy atom. The summed E-state index contributed by atoms with van der Waals surface area (Å²) in [6.07, 6.45) is 1.18. The number of rotatable bonds is 2. The van der Waals surface area contributed by atoms with Crippen LogP contribution in [0.3, 0.4) is 0 Å². The van der Waals surface area contributed by atoms with E-state index in [2.05, 4.69) is 6.07 Å². The number of nitrogens with two attached hydrogens (primary N) is 1. The molecule has 2 atom stereocenters. The van der Waals surface area contributed by atoms with Crippen molar-refractivity contribution in [2.24, 2.45) is 11.7 Å². The molecule has 0 radical (unpaired) electrons. The molecular weight excluding hydrogens is 210 g/mol. The first kappa shape index (κ1) is 10.9. The molecule has 1 aromatic carbocycles. The molecule has 82 valence electrons. The van der Waals surface area contributed by atoms with Crippen LogP contribution in [0, 0.1) is 12.8 Å². The Kier molecular flexibility index (Phi) is 3.29. The summed E-state index contributed by atoms with van der Waals surface area (Å²) in [5.41, 5.74) is 7.97. The van der Waals surface area contributed by atoms with Gasteiger partial charge in [-0.3, -0.25) is 0 Å². The van der Waals surface area contributed by atoms with Crippen LogP contribution in [0.25, 0.3) is 0 Å². The SMILES string of the molecule is Cc1ccc(C2OCCC2CN)cc1Cl. The van der Waals surface area contributed by atoms with Crippen molar-refractivity contribution in [2.75, 3.05) is 13.2 Å². The molecule has 0 aromatic heterocycles. The van der Waals surface area contributed by atoms with E-state index in [1.807, 2.05) is 19.1 Å². The summed E-state index contributed by atoms with van der Waals surface area (Å²) in [5, 5.41) is 0.804. The average Bonchev–Trinajstić information content (AvgIpc) is 2.70. The van der Waals surface area contributed by atoms with Crippen molar-refractivity contribution in [3.8, 4) is 0 Å². The van der Waals surface area contributed by atoms with Gasteiger partial charge < -0.3 is 10.5 Å². The van der Waals surface area contributed by atoms with Gasteiger partial charge in [-0.2, -0.15) is 0 Å². The lowest BCUT2D eigenvalue weighted by Crippen LogP contribution is -2.17. The molecule has 2 nitrogen and oxygen atoms in total. The van der Waals surface area contributed by atoms with Crippen molar-refractivity contribution >= 4 is 11.6 Å². The molecule has 1 fully saturated rings. The van der Waals surface area contributed by atoms with Gasteiger partial charge in [0.2, 0.25) is 0 Å². The van der Waals surface area contributed by atoms with E-state index < -0.39 is 0 Å². The van der Waals surface area contributed by atoms with Crippen molar-refractivity contribution in [2.45, 2.75) is 19.4 Å². The summed E-state index contributed by atoms with van der Waals surface area (Å²) in [7, 11) is 0. The lowest BCUT2D eigenvalue weighted by atomic mass is 9.95. The Morgan fingerprint density at radius 2 is 2.33 bits per heavy atom. The van der Waals surface area contributed by atoms with Gasteiger partial charge in [0.25, 0.3) is 0 Å². The number of hydrogen-bond donors (Lipinski definition) is 1. The molecule has 3 heteroatoms. The van der Waals surface area contributed by atoms with Crippen LogP contribution in [0.1, 0.15) is 23.7 Å². The van der Waals surface area contributed by atoms with Gasteiger partial charge in [0.05, 0.1) is 6.10 Å². The van der Waals surface area contributed by atoms with Crippen molar-refractivity contribution in [1.82, 2.24) is 0 Å². The summed E-state index contributed by atoms with van der Waals surface area (Å²) >= 11 is 6.10. The molecule has 1 heterocycles. The standard InChI is InChI=1S/C12H16ClNO/c1-8-2-3-9(6-11(8)13)12-10(7-14)4-5-15-12/h2-3,6,10,12H,4-5,7,14H2,1H3. The van der Waals surface area contributed by atoms with Crippen LogP contribution < -0.4 is 5.73 Å². The third-order valence-electron chi connectivity index (χ3n) is 3.04. The number of halogens is 1. The van der Waals surface area contributed by atoms with Gasteiger partial charge in [-0.1, -0.05) is 23.7 Å². The third kappa shape index (κ3) is 2.17. The fourth-order valence-electron chi connectivity index (χ4n) is 2.03. The highest BCUT2D eigenvalue weighted by atomic mass is 35.5. The smallest absolute Gasteiger partial charge is 0.0866 e. The second kappa shape index (κ2) is 4.52. The lowest BCUT2D eigenvalue weighted by molar-refractivity contribution is 0.0925. The van der Waals surface area contributed by atoms with Gasteiger partial charge in [-0.25, -0.2) is 0 Å². The minimum Gasteiger partial charge on any atom is -0.373 e.